The Labute approximate surface area is 92.0 Å². The number of rotatable bonds is 2. The monoisotopic (exact) mass is 217 g/mol. The van der Waals surface area contributed by atoms with Crippen LogP contribution >= 0.6 is 0 Å². The number of nitrogens with one attached hydrogen (secondary N) is 1. The Hall–Kier alpha value is -0.770. The quantitative estimate of drug-likeness (QED) is 0.743. The van der Waals surface area contributed by atoms with Crippen molar-refractivity contribution in [3.8, 4) is 0 Å². The lowest BCUT2D eigenvalue weighted by atomic mass is 9.89. The van der Waals surface area contributed by atoms with Gasteiger partial charge in [0.1, 0.15) is 5.60 Å². The third-order valence-corrected chi connectivity index (χ3v) is 1.84. The van der Waals surface area contributed by atoms with Crippen LogP contribution in [0.15, 0.2) is 0 Å². The Bertz CT molecular complexity index is 213. The van der Waals surface area contributed by atoms with Crippen LogP contribution in [0.25, 0.3) is 0 Å². The van der Waals surface area contributed by atoms with Crippen LogP contribution in [0.3, 0.4) is 0 Å². The molecule has 0 aliphatic carbocycles. The van der Waals surface area contributed by atoms with E-state index in [9.17, 15) is 9.90 Å². The fourth-order valence-corrected chi connectivity index (χ4v) is 0.800. The van der Waals surface area contributed by atoms with Gasteiger partial charge in [0.05, 0.1) is 6.10 Å². The van der Waals surface area contributed by atoms with Gasteiger partial charge < -0.3 is 15.2 Å². The molecule has 0 aliphatic rings. The Morgan fingerprint density at radius 1 is 1.27 bits per heavy atom. The normalized spacial score (nSPS) is 14.6. The molecule has 90 valence electrons. The van der Waals surface area contributed by atoms with Crippen molar-refractivity contribution in [2.45, 2.75) is 53.2 Å². The Kier molecular flexibility index (Phi) is 4.59. The summed E-state index contributed by atoms with van der Waals surface area (Å²) in [5.74, 6) is 0. The van der Waals surface area contributed by atoms with Gasteiger partial charge in [-0.1, -0.05) is 20.8 Å². The summed E-state index contributed by atoms with van der Waals surface area (Å²) in [5, 5.41) is 12.2. The van der Waals surface area contributed by atoms with E-state index in [2.05, 4.69) is 5.32 Å². The van der Waals surface area contributed by atoms with Crippen molar-refractivity contribution in [2.75, 3.05) is 6.54 Å². The van der Waals surface area contributed by atoms with Gasteiger partial charge >= 0.3 is 6.09 Å². The lowest BCUT2D eigenvalue weighted by molar-refractivity contribution is 0.0367. The third-order valence-electron chi connectivity index (χ3n) is 1.84. The van der Waals surface area contributed by atoms with Crippen molar-refractivity contribution >= 4 is 6.09 Å². The van der Waals surface area contributed by atoms with Crippen molar-refractivity contribution in [2.24, 2.45) is 5.41 Å². The second kappa shape index (κ2) is 4.84. The zero-order chi connectivity index (χ0) is 12.3. The molecule has 2 N–H and O–H groups in total. The number of amides is 1. The molecule has 0 spiro atoms. The topological polar surface area (TPSA) is 58.6 Å². The number of carbonyl (C=O) groups is 1. The first-order valence-electron chi connectivity index (χ1n) is 5.17. The van der Waals surface area contributed by atoms with Crippen LogP contribution in [0.5, 0.6) is 0 Å². The van der Waals surface area contributed by atoms with E-state index in [1.54, 1.807) is 20.8 Å². The Morgan fingerprint density at radius 3 is 2.07 bits per heavy atom. The van der Waals surface area contributed by atoms with Crippen molar-refractivity contribution < 1.29 is 14.6 Å². The minimum Gasteiger partial charge on any atom is -0.444 e. The number of hydrogen-bond donors (Lipinski definition) is 2. The summed E-state index contributed by atoms with van der Waals surface area (Å²) in [6, 6.07) is 0. The van der Waals surface area contributed by atoms with Gasteiger partial charge in [-0.05, 0) is 26.2 Å². The zero-order valence-corrected chi connectivity index (χ0v) is 10.5. The second-order valence-electron chi connectivity index (χ2n) is 5.76. The van der Waals surface area contributed by atoms with Gasteiger partial charge in [-0.2, -0.15) is 0 Å². The summed E-state index contributed by atoms with van der Waals surface area (Å²) in [6.07, 6.45) is -1.07. The van der Waals surface area contributed by atoms with E-state index in [1.807, 2.05) is 20.8 Å². The molecule has 0 radical (unpaired) electrons. The summed E-state index contributed by atoms with van der Waals surface area (Å²) in [4.78, 5) is 11.2. The van der Waals surface area contributed by atoms with Crippen molar-refractivity contribution in [3.05, 3.63) is 0 Å². The molecule has 15 heavy (non-hydrogen) atoms. The fraction of sp³-hybridized carbons (Fsp3) is 0.909. The molecule has 0 aromatic rings. The van der Waals surface area contributed by atoms with Crippen LogP contribution < -0.4 is 5.32 Å². The van der Waals surface area contributed by atoms with Crippen LogP contribution in [0.1, 0.15) is 41.5 Å². The smallest absolute Gasteiger partial charge is 0.407 e. The third kappa shape index (κ3) is 7.19. The number of ether oxygens (including phenoxy) is 1. The van der Waals surface area contributed by atoms with Crippen molar-refractivity contribution in [1.82, 2.24) is 5.32 Å². The molecule has 0 rings (SSSR count). The lowest BCUT2D eigenvalue weighted by Crippen LogP contribution is -2.41. The number of hydrogen-bond acceptors (Lipinski definition) is 3. The minimum absolute atomic E-state index is 0.207. The molecule has 4 nitrogen and oxygen atoms in total. The molecule has 0 saturated heterocycles. The fourth-order valence-electron chi connectivity index (χ4n) is 0.800. The minimum atomic E-state index is -0.579. The van der Waals surface area contributed by atoms with E-state index in [0.717, 1.165) is 0 Å². The average molecular weight is 217 g/mol. The molecule has 0 aromatic heterocycles. The molecular formula is C11H23NO3. The summed E-state index contributed by atoms with van der Waals surface area (Å²) in [7, 11) is 0. The van der Waals surface area contributed by atoms with Crippen LogP contribution in [-0.4, -0.2) is 29.4 Å². The Balaban J connectivity index is 3.92. The predicted octanol–water partition coefficient (Wildman–Crippen LogP) is 1.92. The standard InChI is InChI=1S/C11H23NO3/c1-10(2,3)8(13)7-12-9(14)15-11(4,5)6/h8,13H,7H2,1-6H3,(H,12,14)/t8-/m1/s1. The summed E-state index contributed by atoms with van der Waals surface area (Å²) in [6.45, 7) is 11.3. The highest BCUT2D eigenvalue weighted by Crippen LogP contribution is 2.18. The van der Waals surface area contributed by atoms with Gasteiger partial charge in [0.25, 0.3) is 0 Å². The van der Waals surface area contributed by atoms with Gasteiger partial charge in [0, 0.05) is 6.54 Å². The van der Waals surface area contributed by atoms with Crippen LogP contribution in [0.4, 0.5) is 4.79 Å². The first kappa shape index (κ1) is 14.2. The maximum absolute atomic E-state index is 11.2. The highest BCUT2D eigenvalue weighted by Gasteiger charge is 2.23. The molecule has 0 aromatic carbocycles. The van der Waals surface area contributed by atoms with Gasteiger partial charge in [-0.3, -0.25) is 0 Å². The number of aliphatic hydroxyl groups is 1. The van der Waals surface area contributed by atoms with E-state index in [-0.39, 0.29) is 12.0 Å². The van der Waals surface area contributed by atoms with Crippen LogP contribution in [0.2, 0.25) is 0 Å². The molecule has 1 amide bonds. The predicted molar refractivity (Wildman–Crippen MR) is 59.7 cm³/mol. The Morgan fingerprint density at radius 2 is 1.73 bits per heavy atom. The van der Waals surface area contributed by atoms with Crippen molar-refractivity contribution in [1.29, 1.82) is 0 Å². The van der Waals surface area contributed by atoms with E-state index in [4.69, 9.17) is 4.74 Å². The highest BCUT2D eigenvalue weighted by atomic mass is 16.6. The average Bonchev–Trinajstić information content (AvgIpc) is 1.94. The van der Waals surface area contributed by atoms with Gasteiger partial charge in [0.15, 0.2) is 0 Å². The van der Waals surface area contributed by atoms with Gasteiger partial charge in [-0.25, -0.2) is 4.79 Å². The molecule has 0 saturated carbocycles. The second-order valence-corrected chi connectivity index (χ2v) is 5.76. The molecular weight excluding hydrogens is 194 g/mol. The summed E-state index contributed by atoms with van der Waals surface area (Å²) in [5.41, 5.74) is -0.744. The number of alkyl carbamates (subject to hydrolysis) is 1. The maximum atomic E-state index is 11.2. The molecule has 4 heteroatoms. The first-order valence-corrected chi connectivity index (χ1v) is 5.17. The summed E-state index contributed by atoms with van der Waals surface area (Å²) < 4.78 is 5.04. The van der Waals surface area contributed by atoms with Gasteiger partial charge in [0.2, 0.25) is 0 Å². The molecule has 0 aliphatic heterocycles. The summed E-state index contributed by atoms with van der Waals surface area (Å²) >= 11 is 0. The molecule has 0 heterocycles. The van der Waals surface area contributed by atoms with E-state index in [0.29, 0.717) is 0 Å². The zero-order valence-electron chi connectivity index (χ0n) is 10.5. The van der Waals surface area contributed by atoms with E-state index in [1.165, 1.54) is 0 Å². The van der Waals surface area contributed by atoms with Crippen LogP contribution in [-0.2, 0) is 4.74 Å². The first-order chi connectivity index (χ1) is 6.52. The highest BCUT2D eigenvalue weighted by molar-refractivity contribution is 5.67. The van der Waals surface area contributed by atoms with E-state index < -0.39 is 17.8 Å². The largest absolute Gasteiger partial charge is 0.444 e. The molecule has 1 atom stereocenters. The SMILES string of the molecule is CC(C)(C)OC(=O)NC[C@@H](O)C(C)(C)C. The maximum Gasteiger partial charge on any atom is 0.407 e. The van der Waals surface area contributed by atoms with Crippen molar-refractivity contribution in [3.63, 3.8) is 0 Å². The number of carbonyl (C=O) groups excluding carboxylic acids is 1. The molecule has 0 unspecified atom stereocenters. The lowest BCUT2D eigenvalue weighted by Gasteiger charge is -2.26. The molecule has 0 bridgehead atoms. The van der Waals surface area contributed by atoms with Gasteiger partial charge in [-0.15, -0.1) is 0 Å². The molecule has 0 fully saturated rings. The number of aliphatic hydroxyl groups excluding tert-OH is 1. The van der Waals surface area contributed by atoms with E-state index >= 15 is 0 Å². The van der Waals surface area contributed by atoms with Crippen LogP contribution in [0, 0.1) is 5.41 Å².